The maximum atomic E-state index is 12.0. The zero-order chi connectivity index (χ0) is 11.3. The normalized spacial score (nSPS) is 27.7. The largest absolute Gasteiger partial charge is 0.468 e. The first-order valence-corrected chi connectivity index (χ1v) is 5.26. The highest BCUT2D eigenvalue weighted by Gasteiger charge is 2.36. The third-order valence-electron chi connectivity index (χ3n) is 2.72. The van der Waals surface area contributed by atoms with Crippen LogP contribution < -0.4 is 0 Å². The van der Waals surface area contributed by atoms with E-state index in [0.29, 0.717) is 19.4 Å². The number of carbonyl (C=O) groups is 1. The van der Waals surface area contributed by atoms with Gasteiger partial charge < -0.3 is 9.84 Å². The molecule has 1 saturated heterocycles. The van der Waals surface area contributed by atoms with Gasteiger partial charge in [0.2, 0.25) is 0 Å². The Morgan fingerprint density at radius 3 is 3.00 bits per heavy atom. The summed E-state index contributed by atoms with van der Waals surface area (Å²) in [4.78, 5) is 13.2. The van der Waals surface area contributed by atoms with Crippen molar-refractivity contribution in [3.8, 4) is 0 Å². The van der Waals surface area contributed by atoms with E-state index in [4.69, 9.17) is 0 Å². The van der Waals surface area contributed by atoms with Crippen molar-refractivity contribution < 1.29 is 19.0 Å². The number of piperidine rings is 1. The fourth-order valence-electron chi connectivity index (χ4n) is 1.98. The van der Waals surface area contributed by atoms with Gasteiger partial charge in [0.25, 0.3) is 0 Å². The average Bonchev–Trinajstić information content (AvgIpc) is 2.25. The van der Waals surface area contributed by atoms with Gasteiger partial charge in [-0.3, -0.25) is 14.1 Å². The Labute approximate surface area is 89.0 Å². The van der Waals surface area contributed by atoms with E-state index in [-0.39, 0.29) is 0 Å². The second-order valence-electron chi connectivity index (χ2n) is 3.76. The molecule has 1 aliphatic heterocycles. The van der Waals surface area contributed by atoms with Crippen LogP contribution in [0.1, 0.15) is 19.3 Å². The highest BCUT2D eigenvalue weighted by Crippen LogP contribution is 2.19. The Balaban J connectivity index is 2.59. The van der Waals surface area contributed by atoms with Gasteiger partial charge in [-0.15, -0.1) is 0 Å². The molecular formula is C10H18FNO3. The molecule has 1 N–H and O–H groups in total. The van der Waals surface area contributed by atoms with E-state index in [9.17, 15) is 14.3 Å². The minimum absolute atomic E-state index is 0.389. The van der Waals surface area contributed by atoms with Crippen LogP contribution in [0.4, 0.5) is 4.39 Å². The Bertz CT molecular complexity index is 213. The van der Waals surface area contributed by atoms with Crippen molar-refractivity contribution in [2.24, 2.45) is 0 Å². The van der Waals surface area contributed by atoms with Gasteiger partial charge in [0.15, 0.2) is 0 Å². The summed E-state index contributed by atoms with van der Waals surface area (Å²) >= 11 is 0. The summed E-state index contributed by atoms with van der Waals surface area (Å²) in [6.07, 6.45) is 1.14. The van der Waals surface area contributed by atoms with Crippen LogP contribution in [0.15, 0.2) is 0 Å². The SMILES string of the molecule is COC(=O)[C@@H]1[C@H](O)CCCN1CCCF. The molecule has 1 rings (SSSR count). The lowest BCUT2D eigenvalue weighted by Crippen LogP contribution is -2.53. The van der Waals surface area contributed by atoms with Gasteiger partial charge in [-0.25, -0.2) is 0 Å². The van der Waals surface area contributed by atoms with Crippen LogP contribution in [0.2, 0.25) is 0 Å². The van der Waals surface area contributed by atoms with Crippen molar-refractivity contribution in [2.45, 2.75) is 31.4 Å². The van der Waals surface area contributed by atoms with Crippen molar-refractivity contribution in [1.29, 1.82) is 0 Å². The molecule has 0 saturated carbocycles. The molecule has 0 bridgehead atoms. The maximum Gasteiger partial charge on any atom is 0.325 e. The van der Waals surface area contributed by atoms with E-state index in [0.717, 1.165) is 13.0 Å². The highest BCUT2D eigenvalue weighted by atomic mass is 19.1. The molecular weight excluding hydrogens is 201 g/mol. The van der Waals surface area contributed by atoms with Crippen LogP contribution >= 0.6 is 0 Å². The lowest BCUT2D eigenvalue weighted by molar-refractivity contribution is -0.154. The summed E-state index contributed by atoms with van der Waals surface area (Å²) in [6, 6.07) is -0.615. The number of hydrogen-bond donors (Lipinski definition) is 1. The third-order valence-corrected chi connectivity index (χ3v) is 2.72. The van der Waals surface area contributed by atoms with E-state index in [1.807, 2.05) is 0 Å². The number of rotatable bonds is 4. The number of ether oxygens (including phenoxy) is 1. The fraction of sp³-hybridized carbons (Fsp3) is 0.900. The van der Waals surface area contributed by atoms with Gasteiger partial charge in [0.1, 0.15) is 6.04 Å². The lowest BCUT2D eigenvalue weighted by Gasteiger charge is -2.36. The van der Waals surface area contributed by atoms with Crippen LogP contribution in [0, 0.1) is 0 Å². The predicted octanol–water partition coefficient (Wildman–Crippen LogP) is 0.344. The number of hydrogen-bond acceptors (Lipinski definition) is 4. The van der Waals surface area contributed by atoms with Gasteiger partial charge in [-0.05, 0) is 25.8 Å². The monoisotopic (exact) mass is 219 g/mol. The average molecular weight is 219 g/mol. The van der Waals surface area contributed by atoms with Gasteiger partial charge in [0, 0.05) is 6.54 Å². The maximum absolute atomic E-state index is 12.0. The molecule has 4 nitrogen and oxygen atoms in total. The molecule has 1 heterocycles. The second-order valence-corrected chi connectivity index (χ2v) is 3.76. The summed E-state index contributed by atoms with van der Waals surface area (Å²) in [5.74, 6) is -0.430. The Morgan fingerprint density at radius 1 is 1.67 bits per heavy atom. The van der Waals surface area contributed by atoms with Gasteiger partial charge in [-0.2, -0.15) is 0 Å². The molecule has 1 aliphatic rings. The number of likely N-dealkylation sites (tertiary alicyclic amines) is 1. The first-order valence-electron chi connectivity index (χ1n) is 5.26. The van der Waals surface area contributed by atoms with Crippen LogP contribution in [0.3, 0.4) is 0 Å². The van der Waals surface area contributed by atoms with Crippen molar-refractivity contribution >= 4 is 5.97 Å². The molecule has 5 heteroatoms. The van der Waals surface area contributed by atoms with E-state index >= 15 is 0 Å². The molecule has 15 heavy (non-hydrogen) atoms. The van der Waals surface area contributed by atoms with Crippen molar-refractivity contribution in [3.05, 3.63) is 0 Å². The molecule has 0 aromatic heterocycles. The molecule has 0 aromatic rings. The van der Waals surface area contributed by atoms with Crippen molar-refractivity contribution in [3.63, 3.8) is 0 Å². The smallest absolute Gasteiger partial charge is 0.325 e. The molecule has 1 fully saturated rings. The molecule has 88 valence electrons. The summed E-state index contributed by atoms with van der Waals surface area (Å²) in [7, 11) is 1.30. The Hall–Kier alpha value is -0.680. The first-order chi connectivity index (χ1) is 7.20. The Kier molecular flexibility index (Phi) is 4.98. The van der Waals surface area contributed by atoms with Gasteiger partial charge in [-0.1, -0.05) is 0 Å². The van der Waals surface area contributed by atoms with Gasteiger partial charge in [0.05, 0.1) is 19.9 Å². The molecule has 0 aliphatic carbocycles. The number of nitrogens with zero attached hydrogens (tertiary/aromatic N) is 1. The van der Waals surface area contributed by atoms with Crippen molar-refractivity contribution in [2.75, 3.05) is 26.9 Å². The number of esters is 1. The molecule has 0 spiro atoms. The van der Waals surface area contributed by atoms with Crippen molar-refractivity contribution in [1.82, 2.24) is 4.90 Å². The number of methoxy groups -OCH3 is 1. The van der Waals surface area contributed by atoms with E-state index in [2.05, 4.69) is 4.74 Å². The van der Waals surface area contributed by atoms with Crippen LogP contribution in [0.5, 0.6) is 0 Å². The Morgan fingerprint density at radius 2 is 2.40 bits per heavy atom. The molecule has 0 amide bonds. The topological polar surface area (TPSA) is 49.8 Å². The zero-order valence-corrected chi connectivity index (χ0v) is 8.99. The number of halogens is 1. The highest BCUT2D eigenvalue weighted by molar-refractivity contribution is 5.76. The van der Waals surface area contributed by atoms with Crippen LogP contribution in [0.25, 0.3) is 0 Å². The molecule has 2 atom stereocenters. The number of carbonyl (C=O) groups excluding carboxylic acids is 1. The lowest BCUT2D eigenvalue weighted by atomic mass is 9.98. The number of aliphatic hydroxyl groups excluding tert-OH is 1. The molecule has 0 aromatic carbocycles. The van der Waals surface area contributed by atoms with Gasteiger partial charge >= 0.3 is 5.97 Å². The molecule has 0 unspecified atom stereocenters. The predicted molar refractivity (Wildman–Crippen MR) is 53.2 cm³/mol. The van der Waals surface area contributed by atoms with E-state index in [1.165, 1.54) is 7.11 Å². The standard InChI is InChI=1S/C10H18FNO3/c1-15-10(14)9-8(13)4-2-6-12(9)7-3-5-11/h8-9,13H,2-7H2,1H3/t8-,9+/m1/s1. The van der Waals surface area contributed by atoms with Crippen LogP contribution in [-0.2, 0) is 9.53 Å². The minimum Gasteiger partial charge on any atom is -0.468 e. The van der Waals surface area contributed by atoms with Crippen LogP contribution in [-0.4, -0.2) is 55.0 Å². The summed E-state index contributed by atoms with van der Waals surface area (Å²) in [5, 5.41) is 9.70. The number of alkyl halides is 1. The summed E-state index contributed by atoms with van der Waals surface area (Å²) < 4.78 is 16.7. The van der Waals surface area contributed by atoms with E-state index in [1.54, 1.807) is 4.90 Å². The minimum atomic E-state index is -0.689. The fourth-order valence-corrected chi connectivity index (χ4v) is 1.98. The molecule has 0 radical (unpaired) electrons. The quantitative estimate of drug-likeness (QED) is 0.693. The second kappa shape index (κ2) is 6.02. The third kappa shape index (κ3) is 3.14. The summed E-state index contributed by atoms with van der Waals surface area (Å²) in [6.45, 7) is 0.810. The zero-order valence-electron chi connectivity index (χ0n) is 8.99. The first kappa shape index (κ1) is 12.4. The van der Waals surface area contributed by atoms with E-state index < -0.39 is 24.8 Å². The number of aliphatic hydroxyl groups is 1. The summed E-state index contributed by atoms with van der Waals surface area (Å²) in [5.41, 5.74) is 0.